The Hall–Kier alpha value is -1.55. The largest absolute Gasteiger partial charge is 0.325 e. The first-order chi connectivity index (χ1) is 12.3. The van der Waals surface area contributed by atoms with Crippen LogP contribution in [-0.4, -0.2) is 59.5 Å². The molecule has 0 radical (unpaired) electrons. The van der Waals surface area contributed by atoms with Crippen LogP contribution in [0, 0.1) is 5.92 Å². The summed E-state index contributed by atoms with van der Waals surface area (Å²) < 4.78 is 0. The van der Waals surface area contributed by atoms with Gasteiger partial charge in [-0.3, -0.25) is 4.90 Å². The van der Waals surface area contributed by atoms with Crippen molar-refractivity contribution in [2.45, 2.75) is 50.6 Å². The zero-order valence-corrected chi connectivity index (χ0v) is 15.1. The lowest BCUT2D eigenvalue weighted by atomic mass is 9.77. The molecule has 1 aromatic carbocycles. The average molecular weight is 339 g/mol. The molecule has 4 nitrogen and oxygen atoms in total. The Morgan fingerprint density at radius 2 is 1.84 bits per heavy atom. The molecular formula is C21H29N3O. The normalized spacial score (nSPS) is 32.1. The van der Waals surface area contributed by atoms with Crippen molar-refractivity contribution in [3.63, 3.8) is 0 Å². The molecule has 0 saturated carbocycles. The maximum absolute atomic E-state index is 13.1. The molecule has 0 aliphatic carbocycles. The lowest BCUT2D eigenvalue weighted by Gasteiger charge is -2.52. The van der Waals surface area contributed by atoms with Gasteiger partial charge in [-0.2, -0.15) is 0 Å². The third kappa shape index (κ3) is 2.66. The molecule has 25 heavy (non-hydrogen) atoms. The summed E-state index contributed by atoms with van der Waals surface area (Å²) in [4.78, 5) is 20.2. The molecule has 2 amide bonds. The minimum atomic E-state index is 0.324. The molecule has 3 fully saturated rings. The number of fused-ring (bicyclic) bond motifs is 4. The highest BCUT2D eigenvalue weighted by atomic mass is 16.2. The number of hydrogen-bond donors (Lipinski definition) is 0. The van der Waals surface area contributed by atoms with Gasteiger partial charge < -0.3 is 9.80 Å². The molecule has 4 aliphatic heterocycles. The Morgan fingerprint density at radius 1 is 1.00 bits per heavy atom. The van der Waals surface area contributed by atoms with E-state index in [1.807, 2.05) is 0 Å². The second kappa shape index (κ2) is 6.31. The zero-order chi connectivity index (χ0) is 16.8. The molecule has 3 unspecified atom stereocenters. The molecule has 134 valence electrons. The van der Waals surface area contributed by atoms with Gasteiger partial charge in [0.05, 0.1) is 0 Å². The predicted octanol–water partition coefficient (Wildman–Crippen LogP) is 3.29. The van der Waals surface area contributed by atoms with Gasteiger partial charge in [0.15, 0.2) is 0 Å². The molecule has 1 aromatic rings. The van der Waals surface area contributed by atoms with Crippen molar-refractivity contribution in [3.05, 3.63) is 35.4 Å². The first-order valence-electron chi connectivity index (χ1n) is 10.2. The molecule has 4 heteroatoms. The molecule has 3 saturated heterocycles. The lowest BCUT2D eigenvalue weighted by molar-refractivity contribution is -0.000107. The molecule has 4 heterocycles. The Morgan fingerprint density at radius 3 is 2.72 bits per heavy atom. The number of benzene rings is 1. The van der Waals surface area contributed by atoms with Crippen LogP contribution in [0.2, 0.25) is 0 Å². The number of amides is 2. The smallest absolute Gasteiger partial charge is 0.320 e. The third-order valence-electron chi connectivity index (χ3n) is 7.00. The van der Waals surface area contributed by atoms with Gasteiger partial charge in [0.25, 0.3) is 0 Å². The molecule has 0 aromatic heterocycles. The number of nitrogens with zero attached hydrogens (tertiary/aromatic N) is 3. The summed E-state index contributed by atoms with van der Waals surface area (Å²) in [6, 6.07) is 10.2. The molecule has 0 bridgehead atoms. The fraction of sp³-hybridized carbons (Fsp3) is 0.667. The van der Waals surface area contributed by atoms with Gasteiger partial charge in [-0.15, -0.1) is 0 Å². The number of likely N-dealkylation sites (tertiary alicyclic amines) is 2. The Balaban J connectivity index is 1.41. The van der Waals surface area contributed by atoms with Gasteiger partial charge in [-0.25, -0.2) is 4.79 Å². The van der Waals surface area contributed by atoms with Gasteiger partial charge in [0.1, 0.15) is 0 Å². The van der Waals surface area contributed by atoms with Crippen LogP contribution in [0.5, 0.6) is 0 Å². The van der Waals surface area contributed by atoms with Crippen molar-refractivity contribution in [1.29, 1.82) is 0 Å². The van der Waals surface area contributed by atoms with Crippen LogP contribution in [0.25, 0.3) is 0 Å². The van der Waals surface area contributed by atoms with E-state index in [2.05, 4.69) is 39.0 Å². The number of hydrogen-bond acceptors (Lipinski definition) is 2. The summed E-state index contributed by atoms with van der Waals surface area (Å²) in [5.41, 5.74) is 3.04. The highest BCUT2D eigenvalue weighted by Crippen LogP contribution is 2.43. The molecule has 3 atom stereocenters. The SMILES string of the molecule is O=C(N1CCCC1)N1CCCC2CN3CCc4ccccc4C3CC21. The van der Waals surface area contributed by atoms with Gasteiger partial charge in [-0.1, -0.05) is 24.3 Å². The van der Waals surface area contributed by atoms with E-state index in [-0.39, 0.29) is 0 Å². The maximum atomic E-state index is 13.1. The second-order valence-electron chi connectivity index (χ2n) is 8.34. The maximum Gasteiger partial charge on any atom is 0.320 e. The van der Waals surface area contributed by atoms with Crippen molar-refractivity contribution in [2.24, 2.45) is 5.92 Å². The Bertz CT molecular complexity index is 654. The summed E-state index contributed by atoms with van der Waals surface area (Å²) in [5.74, 6) is 0.668. The van der Waals surface area contributed by atoms with Crippen molar-refractivity contribution >= 4 is 6.03 Å². The number of rotatable bonds is 0. The van der Waals surface area contributed by atoms with Crippen LogP contribution < -0.4 is 0 Å². The summed E-state index contributed by atoms with van der Waals surface area (Å²) in [5, 5.41) is 0. The topological polar surface area (TPSA) is 26.8 Å². The van der Waals surface area contributed by atoms with Crippen LogP contribution in [0.15, 0.2) is 24.3 Å². The van der Waals surface area contributed by atoms with Crippen LogP contribution in [0.1, 0.15) is 49.3 Å². The zero-order valence-electron chi connectivity index (χ0n) is 15.1. The van der Waals surface area contributed by atoms with Crippen molar-refractivity contribution in [3.8, 4) is 0 Å². The van der Waals surface area contributed by atoms with Gasteiger partial charge in [0.2, 0.25) is 0 Å². The second-order valence-corrected chi connectivity index (χ2v) is 8.34. The van der Waals surface area contributed by atoms with E-state index in [1.165, 1.54) is 56.3 Å². The minimum absolute atomic E-state index is 0.324. The van der Waals surface area contributed by atoms with Crippen molar-refractivity contribution in [1.82, 2.24) is 14.7 Å². The monoisotopic (exact) mass is 339 g/mol. The fourth-order valence-electron chi connectivity index (χ4n) is 5.72. The van der Waals surface area contributed by atoms with E-state index >= 15 is 0 Å². The standard InChI is InChI=1S/C21H29N3O/c25-21(22-10-3-4-11-22)24-12-5-7-17-15-23-13-9-16-6-1-2-8-18(16)20(23)14-19(17)24/h1-2,6,8,17,19-20H,3-5,7,9-15H2. The van der Waals surface area contributed by atoms with Crippen molar-refractivity contribution in [2.75, 3.05) is 32.7 Å². The summed E-state index contributed by atoms with van der Waals surface area (Å²) in [7, 11) is 0. The number of carbonyl (C=O) groups excluding carboxylic acids is 1. The first kappa shape index (κ1) is 15.7. The first-order valence-corrected chi connectivity index (χ1v) is 10.2. The van der Waals surface area contributed by atoms with E-state index in [0.29, 0.717) is 24.0 Å². The molecule has 5 rings (SSSR count). The summed E-state index contributed by atoms with van der Waals surface area (Å²) >= 11 is 0. The van der Waals surface area contributed by atoms with Crippen LogP contribution >= 0.6 is 0 Å². The van der Waals surface area contributed by atoms with E-state index in [0.717, 1.165) is 26.1 Å². The fourth-order valence-corrected chi connectivity index (χ4v) is 5.72. The van der Waals surface area contributed by atoms with Gasteiger partial charge >= 0.3 is 6.03 Å². The molecule has 0 N–H and O–H groups in total. The van der Waals surface area contributed by atoms with E-state index < -0.39 is 0 Å². The summed E-state index contributed by atoms with van der Waals surface area (Å²) in [6.07, 6.45) is 7.13. The number of piperidine rings is 2. The molecule has 4 aliphatic rings. The predicted molar refractivity (Wildman–Crippen MR) is 98.5 cm³/mol. The highest BCUT2D eigenvalue weighted by Gasteiger charge is 2.44. The van der Waals surface area contributed by atoms with E-state index in [1.54, 1.807) is 0 Å². The van der Waals surface area contributed by atoms with Crippen LogP contribution in [0.4, 0.5) is 4.79 Å². The highest BCUT2D eigenvalue weighted by molar-refractivity contribution is 5.75. The minimum Gasteiger partial charge on any atom is -0.325 e. The Kier molecular flexibility index (Phi) is 3.96. The van der Waals surface area contributed by atoms with Gasteiger partial charge in [0, 0.05) is 44.8 Å². The van der Waals surface area contributed by atoms with Crippen molar-refractivity contribution < 1.29 is 4.79 Å². The summed E-state index contributed by atoms with van der Waals surface area (Å²) in [6.45, 7) is 5.25. The Labute approximate surface area is 150 Å². The molecule has 0 spiro atoms. The molecular weight excluding hydrogens is 310 g/mol. The third-order valence-corrected chi connectivity index (χ3v) is 7.00. The average Bonchev–Trinajstić information content (AvgIpc) is 3.20. The quantitative estimate of drug-likeness (QED) is 0.725. The number of carbonyl (C=O) groups is 1. The number of urea groups is 1. The van der Waals surface area contributed by atoms with Gasteiger partial charge in [-0.05, 0) is 55.6 Å². The van der Waals surface area contributed by atoms with Crippen LogP contribution in [0.3, 0.4) is 0 Å². The lowest BCUT2D eigenvalue weighted by Crippen LogP contribution is -2.59. The van der Waals surface area contributed by atoms with Crippen LogP contribution in [-0.2, 0) is 6.42 Å². The van der Waals surface area contributed by atoms with E-state index in [9.17, 15) is 4.79 Å². The van der Waals surface area contributed by atoms with E-state index in [4.69, 9.17) is 0 Å².